The van der Waals surface area contributed by atoms with Crippen LogP contribution in [0.4, 0.5) is 8.78 Å². The molecule has 192 valence electrons. The van der Waals surface area contributed by atoms with Crippen LogP contribution in [0.25, 0.3) is 0 Å². The Labute approximate surface area is 206 Å². The van der Waals surface area contributed by atoms with Crippen molar-refractivity contribution in [2.45, 2.75) is 96.2 Å². The van der Waals surface area contributed by atoms with E-state index >= 15 is 0 Å². The summed E-state index contributed by atoms with van der Waals surface area (Å²) in [5, 5.41) is 0. The molecule has 0 aromatic rings. The van der Waals surface area contributed by atoms with Crippen LogP contribution in [0.2, 0.25) is 0 Å². The summed E-state index contributed by atoms with van der Waals surface area (Å²) in [5.41, 5.74) is 0. The van der Waals surface area contributed by atoms with Gasteiger partial charge in [0.25, 0.3) is 6.08 Å². The maximum absolute atomic E-state index is 12.5. The van der Waals surface area contributed by atoms with Crippen molar-refractivity contribution in [3.05, 3.63) is 37.0 Å². The van der Waals surface area contributed by atoms with Crippen LogP contribution < -0.4 is 0 Å². The van der Waals surface area contributed by atoms with E-state index in [0.717, 1.165) is 81.3 Å². The maximum Gasteiger partial charge on any atom is 0.266 e. The zero-order valence-corrected chi connectivity index (χ0v) is 21.0. The minimum atomic E-state index is -1.49. The molecule has 3 aliphatic carbocycles. The summed E-state index contributed by atoms with van der Waals surface area (Å²) in [6.07, 6.45) is 22.9. The van der Waals surface area contributed by atoms with Crippen LogP contribution in [0.5, 0.6) is 0 Å². The molecule has 4 fully saturated rings. The normalized spacial score (nSPS) is 39.6. The number of hydrogen-bond acceptors (Lipinski definition) is 2. The molecule has 1 saturated heterocycles. The molecule has 0 aromatic heterocycles. The molecule has 0 N–H and O–H groups in total. The molecule has 1 aliphatic heterocycles. The Morgan fingerprint density at radius 2 is 1.09 bits per heavy atom. The molecule has 1 heterocycles. The van der Waals surface area contributed by atoms with Crippen LogP contribution >= 0.6 is 0 Å². The van der Waals surface area contributed by atoms with Gasteiger partial charge in [-0.15, -0.1) is 6.58 Å². The second-order valence-electron chi connectivity index (χ2n) is 11.6. The average molecular weight is 477 g/mol. The molecule has 4 rings (SSSR count). The standard InChI is InChI=1S/C30H46F2O2/c1-2-3-4-5-6-30-33-20-28(21-34-30)27-17-15-26(16-18-27)25-13-11-24(12-14-25)23-9-7-22(8-10-23)19-29(31)32/h2,5-6,19,22-28,30H,1,3-4,7-18,20-21H2/b6-5+. The highest BCUT2D eigenvalue weighted by atomic mass is 19.3. The Morgan fingerprint density at radius 3 is 1.53 bits per heavy atom. The third-order valence-electron chi connectivity index (χ3n) is 9.59. The van der Waals surface area contributed by atoms with Crippen molar-refractivity contribution in [2.24, 2.45) is 41.4 Å². The van der Waals surface area contributed by atoms with Gasteiger partial charge in [0.2, 0.25) is 0 Å². The Morgan fingerprint density at radius 1 is 0.647 bits per heavy atom. The van der Waals surface area contributed by atoms with Gasteiger partial charge in [-0.05, 0) is 138 Å². The molecule has 0 bridgehead atoms. The second-order valence-corrected chi connectivity index (χ2v) is 11.6. The van der Waals surface area contributed by atoms with Gasteiger partial charge in [0, 0.05) is 5.92 Å². The van der Waals surface area contributed by atoms with Crippen LogP contribution in [0.3, 0.4) is 0 Å². The van der Waals surface area contributed by atoms with E-state index in [1.165, 1.54) is 57.4 Å². The molecule has 3 saturated carbocycles. The monoisotopic (exact) mass is 476 g/mol. The molecular weight excluding hydrogens is 430 g/mol. The molecule has 0 radical (unpaired) electrons. The summed E-state index contributed by atoms with van der Waals surface area (Å²) < 4.78 is 37.1. The summed E-state index contributed by atoms with van der Waals surface area (Å²) >= 11 is 0. The van der Waals surface area contributed by atoms with Crippen LogP contribution in [-0.2, 0) is 9.47 Å². The molecule has 2 nitrogen and oxygen atoms in total. The largest absolute Gasteiger partial charge is 0.349 e. The lowest BCUT2D eigenvalue weighted by Gasteiger charge is -2.42. The lowest BCUT2D eigenvalue weighted by molar-refractivity contribution is -0.186. The highest BCUT2D eigenvalue weighted by Gasteiger charge is 2.36. The molecule has 0 atom stereocenters. The van der Waals surface area contributed by atoms with Gasteiger partial charge in [0.1, 0.15) is 0 Å². The van der Waals surface area contributed by atoms with Gasteiger partial charge in [0.05, 0.1) is 13.2 Å². The highest BCUT2D eigenvalue weighted by Crippen LogP contribution is 2.47. The second kappa shape index (κ2) is 13.3. The minimum Gasteiger partial charge on any atom is -0.349 e. The number of allylic oxidation sites excluding steroid dienone is 3. The molecule has 0 unspecified atom stereocenters. The predicted octanol–water partition coefficient (Wildman–Crippen LogP) is 8.70. The number of unbranched alkanes of at least 4 members (excludes halogenated alkanes) is 1. The Balaban J connectivity index is 1.12. The van der Waals surface area contributed by atoms with E-state index < -0.39 is 6.08 Å². The third-order valence-corrected chi connectivity index (χ3v) is 9.59. The fraction of sp³-hybridized carbons (Fsp3) is 0.800. The van der Waals surface area contributed by atoms with Crippen molar-refractivity contribution in [1.82, 2.24) is 0 Å². The first kappa shape index (κ1) is 26.1. The minimum absolute atomic E-state index is 0.123. The Bertz CT molecular complexity index is 653. The van der Waals surface area contributed by atoms with Gasteiger partial charge in [0.15, 0.2) is 6.29 Å². The molecule has 4 heteroatoms. The summed E-state index contributed by atoms with van der Waals surface area (Å²) in [5.74, 6) is 4.91. The van der Waals surface area contributed by atoms with Crippen LogP contribution in [0, 0.1) is 41.4 Å². The van der Waals surface area contributed by atoms with E-state index in [1.807, 2.05) is 6.08 Å². The maximum atomic E-state index is 12.5. The molecule has 0 amide bonds. The van der Waals surface area contributed by atoms with Gasteiger partial charge in [-0.2, -0.15) is 8.78 Å². The number of hydrogen-bond donors (Lipinski definition) is 0. The first-order valence-corrected chi connectivity index (χ1v) is 14.2. The quantitative estimate of drug-likeness (QED) is 0.258. The van der Waals surface area contributed by atoms with Crippen molar-refractivity contribution in [3.8, 4) is 0 Å². The summed E-state index contributed by atoms with van der Waals surface area (Å²) in [6.45, 7) is 5.44. The number of ether oxygens (including phenoxy) is 2. The first-order valence-electron chi connectivity index (χ1n) is 14.2. The van der Waals surface area contributed by atoms with Crippen molar-refractivity contribution < 1.29 is 18.3 Å². The topological polar surface area (TPSA) is 18.5 Å². The third kappa shape index (κ3) is 7.50. The SMILES string of the molecule is C=CCC/C=C/C1OCC(C2CCC(C3CCC(C4CCC(C=C(F)F)CC4)CC3)CC2)CO1. The van der Waals surface area contributed by atoms with Crippen molar-refractivity contribution in [2.75, 3.05) is 13.2 Å². The fourth-order valence-electron chi connectivity index (χ4n) is 7.47. The predicted molar refractivity (Wildman–Crippen MR) is 134 cm³/mol. The van der Waals surface area contributed by atoms with E-state index in [-0.39, 0.29) is 12.2 Å². The summed E-state index contributed by atoms with van der Waals surface area (Å²) in [7, 11) is 0. The molecule has 0 spiro atoms. The van der Waals surface area contributed by atoms with Crippen molar-refractivity contribution in [1.29, 1.82) is 0 Å². The Kier molecular flexibility index (Phi) is 10.2. The molecule has 0 aromatic carbocycles. The van der Waals surface area contributed by atoms with E-state index in [1.54, 1.807) is 0 Å². The lowest BCUT2D eigenvalue weighted by atomic mass is 9.64. The highest BCUT2D eigenvalue weighted by molar-refractivity contribution is 4.93. The van der Waals surface area contributed by atoms with E-state index in [0.29, 0.717) is 5.92 Å². The van der Waals surface area contributed by atoms with Crippen molar-refractivity contribution >= 4 is 0 Å². The van der Waals surface area contributed by atoms with Crippen LogP contribution in [0.15, 0.2) is 37.0 Å². The average Bonchev–Trinajstić information content (AvgIpc) is 2.87. The summed E-state index contributed by atoms with van der Waals surface area (Å²) in [6, 6.07) is 0. The zero-order chi connectivity index (χ0) is 23.8. The summed E-state index contributed by atoms with van der Waals surface area (Å²) in [4.78, 5) is 0. The van der Waals surface area contributed by atoms with Crippen molar-refractivity contribution in [3.63, 3.8) is 0 Å². The molecule has 4 aliphatic rings. The van der Waals surface area contributed by atoms with E-state index in [9.17, 15) is 8.78 Å². The van der Waals surface area contributed by atoms with Gasteiger partial charge < -0.3 is 9.47 Å². The fourth-order valence-corrected chi connectivity index (χ4v) is 7.47. The first-order chi connectivity index (χ1) is 16.6. The Hall–Kier alpha value is -1.00. The van der Waals surface area contributed by atoms with Crippen LogP contribution in [0.1, 0.15) is 89.9 Å². The van der Waals surface area contributed by atoms with Gasteiger partial charge in [-0.25, -0.2) is 0 Å². The molecule has 34 heavy (non-hydrogen) atoms. The zero-order valence-electron chi connectivity index (χ0n) is 21.0. The van der Waals surface area contributed by atoms with Gasteiger partial charge in [-0.3, -0.25) is 0 Å². The number of halogens is 2. The van der Waals surface area contributed by atoms with E-state index in [2.05, 4.69) is 18.7 Å². The molecular formula is C30H46F2O2. The van der Waals surface area contributed by atoms with Gasteiger partial charge >= 0.3 is 0 Å². The van der Waals surface area contributed by atoms with Crippen LogP contribution in [-0.4, -0.2) is 19.5 Å². The smallest absolute Gasteiger partial charge is 0.266 e. The van der Waals surface area contributed by atoms with E-state index in [4.69, 9.17) is 9.47 Å². The lowest BCUT2D eigenvalue weighted by Crippen LogP contribution is -2.37. The van der Waals surface area contributed by atoms with Gasteiger partial charge in [-0.1, -0.05) is 12.2 Å². The number of rotatable bonds is 8.